The molecule has 2 N–H and O–H groups in total. The average molecular weight is 438 g/mol. The number of allylic oxidation sites excluding steroid dienone is 2. The Morgan fingerprint density at radius 2 is 1.24 bits per heavy atom. The summed E-state index contributed by atoms with van der Waals surface area (Å²) in [5, 5.41) is 45.1. The summed E-state index contributed by atoms with van der Waals surface area (Å²) in [5.74, 6) is -1.19. The van der Waals surface area contributed by atoms with Crippen LogP contribution in [0.1, 0.15) is 16.7 Å². The number of aliphatic hydroxyl groups excluding tert-OH is 1. The Hall–Kier alpha value is -4.72. The Labute approximate surface area is 187 Å². The largest absolute Gasteiger partial charge is 0.507 e. The van der Waals surface area contributed by atoms with Crippen LogP contribution in [-0.4, -0.2) is 20.1 Å². The standard InChI is InChI=1S/C25H14N2O6/c28-21-12-6-5-9-16(21)19-13-20(23(26(30)31)24(25(19)29)27(32)33)22-17-10-3-1-7-14(17)15-8-2-4-11-18(15)22/h1-8,10-13,28-29H. The molecule has 3 aromatic rings. The Morgan fingerprint density at radius 3 is 1.76 bits per heavy atom. The maximum atomic E-state index is 12.1. The predicted octanol–water partition coefficient (Wildman–Crippen LogP) is 4.93. The molecule has 0 aliphatic heterocycles. The van der Waals surface area contributed by atoms with Crippen LogP contribution >= 0.6 is 0 Å². The number of hydrogen-bond donors (Lipinski definition) is 2. The summed E-state index contributed by atoms with van der Waals surface area (Å²) in [6.45, 7) is 0. The molecule has 0 amide bonds. The highest BCUT2D eigenvalue weighted by molar-refractivity contribution is 6.05. The van der Waals surface area contributed by atoms with Crippen molar-refractivity contribution in [3.05, 3.63) is 139 Å². The molecule has 3 aromatic carbocycles. The van der Waals surface area contributed by atoms with Crippen LogP contribution in [0.4, 0.5) is 0 Å². The van der Waals surface area contributed by atoms with Gasteiger partial charge in [0.15, 0.2) is 0 Å². The fraction of sp³-hybridized carbons (Fsp3) is 0. The second kappa shape index (κ2) is 7.45. The summed E-state index contributed by atoms with van der Waals surface area (Å²) >= 11 is 0. The van der Waals surface area contributed by atoms with Crippen molar-refractivity contribution >= 4 is 11.1 Å². The van der Waals surface area contributed by atoms with Crippen molar-refractivity contribution in [2.24, 2.45) is 0 Å². The summed E-state index contributed by atoms with van der Waals surface area (Å²) in [4.78, 5) is 22.2. The van der Waals surface area contributed by atoms with Crippen LogP contribution in [0.5, 0.6) is 5.75 Å². The molecule has 0 atom stereocenters. The van der Waals surface area contributed by atoms with Crippen molar-refractivity contribution in [2.75, 3.05) is 0 Å². The molecular formula is C25H14N2O6. The Morgan fingerprint density at radius 1 is 0.697 bits per heavy atom. The lowest BCUT2D eigenvalue weighted by molar-refractivity contribution is -0.467. The number of aromatic hydroxyl groups is 1. The van der Waals surface area contributed by atoms with Crippen molar-refractivity contribution in [3.63, 3.8) is 0 Å². The zero-order valence-corrected chi connectivity index (χ0v) is 16.9. The molecule has 0 saturated carbocycles. The maximum Gasteiger partial charge on any atom is 0.387 e. The van der Waals surface area contributed by atoms with Gasteiger partial charge in [-0.2, -0.15) is 0 Å². The molecule has 0 bridgehead atoms. The van der Waals surface area contributed by atoms with E-state index in [1.165, 1.54) is 24.6 Å². The van der Waals surface area contributed by atoms with E-state index < -0.39 is 27.0 Å². The molecule has 5 rings (SSSR count). The first-order valence-corrected chi connectivity index (χ1v) is 9.85. The van der Waals surface area contributed by atoms with Crippen LogP contribution in [0, 0.1) is 32.7 Å². The second-order valence-electron chi connectivity index (χ2n) is 7.43. The lowest BCUT2D eigenvalue weighted by Crippen LogP contribution is -2.20. The molecule has 2 radical (unpaired) electrons. The normalized spacial score (nSPS) is 14.9. The minimum Gasteiger partial charge on any atom is -0.507 e. The molecule has 8 nitrogen and oxygen atoms in total. The Bertz CT molecular complexity index is 1420. The van der Waals surface area contributed by atoms with Gasteiger partial charge < -0.3 is 10.2 Å². The maximum absolute atomic E-state index is 12.1. The minimum atomic E-state index is -1.04. The third-order valence-electron chi connectivity index (χ3n) is 5.67. The van der Waals surface area contributed by atoms with E-state index in [0.717, 1.165) is 11.1 Å². The van der Waals surface area contributed by atoms with Crippen LogP contribution < -0.4 is 0 Å². The Kier molecular flexibility index (Phi) is 4.56. The summed E-state index contributed by atoms with van der Waals surface area (Å²) in [5.41, 5.74) is 1.43. The van der Waals surface area contributed by atoms with E-state index >= 15 is 0 Å². The van der Waals surface area contributed by atoms with Crippen LogP contribution in [0.3, 0.4) is 0 Å². The number of nitro groups is 2. The van der Waals surface area contributed by atoms with Gasteiger partial charge in [0.1, 0.15) is 5.75 Å². The molecule has 160 valence electrons. The van der Waals surface area contributed by atoms with E-state index in [1.54, 1.807) is 24.3 Å². The van der Waals surface area contributed by atoms with Gasteiger partial charge in [0, 0.05) is 23.1 Å². The van der Waals surface area contributed by atoms with Crippen molar-refractivity contribution < 1.29 is 20.1 Å². The van der Waals surface area contributed by atoms with Crippen LogP contribution in [0.2, 0.25) is 0 Å². The number of aliphatic hydroxyl groups is 1. The molecule has 8 heteroatoms. The quantitative estimate of drug-likeness (QED) is 0.345. The van der Waals surface area contributed by atoms with Gasteiger partial charge >= 0.3 is 11.4 Å². The van der Waals surface area contributed by atoms with Gasteiger partial charge in [-0.1, -0.05) is 60.7 Å². The highest BCUT2D eigenvalue weighted by atomic mass is 16.6. The molecule has 2 aliphatic carbocycles. The molecule has 0 unspecified atom stereocenters. The number of phenols is 1. The lowest BCUT2D eigenvalue weighted by Gasteiger charge is -2.19. The van der Waals surface area contributed by atoms with Crippen LogP contribution in [0.25, 0.3) is 22.3 Å². The smallest absolute Gasteiger partial charge is 0.387 e. The van der Waals surface area contributed by atoms with E-state index in [4.69, 9.17) is 0 Å². The number of fused-ring (bicyclic) bond motifs is 3. The monoisotopic (exact) mass is 438 g/mol. The second-order valence-corrected chi connectivity index (χ2v) is 7.43. The zero-order chi connectivity index (χ0) is 23.3. The lowest BCUT2D eigenvalue weighted by atomic mass is 9.84. The van der Waals surface area contributed by atoms with Gasteiger partial charge in [0.05, 0.1) is 15.4 Å². The summed E-state index contributed by atoms with van der Waals surface area (Å²) in [7, 11) is 0. The zero-order valence-electron chi connectivity index (χ0n) is 16.9. The molecular weight excluding hydrogens is 424 g/mol. The van der Waals surface area contributed by atoms with Gasteiger partial charge in [-0.15, -0.1) is 0 Å². The van der Waals surface area contributed by atoms with Gasteiger partial charge in [-0.3, -0.25) is 20.2 Å². The number of hydrogen-bond acceptors (Lipinski definition) is 6. The number of benzene rings is 3. The average Bonchev–Trinajstić information content (AvgIpc) is 3.13. The molecule has 33 heavy (non-hydrogen) atoms. The van der Waals surface area contributed by atoms with E-state index in [1.807, 2.05) is 24.3 Å². The number of phenolic OH excluding ortho intramolecular Hbond substituents is 1. The van der Waals surface area contributed by atoms with E-state index in [-0.39, 0.29) is 22.5 Å². The number of rotatable bonds is 3. The first-order valence-electron chi connectivity index (χ1n) is 9.85. The van der Waals surface area contributed by atoms with Gasteiger partial charge in [-0.25, -0.2) is 0 Å². The Balaban J connectivity index is 1.91. The van der Waals surface area contributed by atoms with Crippen molar-refractivity contribution in [1.29, 1.82) is 0 Å². The predicted molar refractivity (Wildman–Crippen MR) is 120 cm³/mol. The van der Waals surface area contributed by atoms with E-state index in [9.17, 15) is 30.4 Å². The molecule has 0 spiro atoms. The van der Waals surface area contributed by atoms with E-state index in [2.05, 4.69) is 6.07 Å². The summed E-state index contributed by atoms with van der Waals surface area (Å²) in [6.07, 6.45) is 1.31. The fourth-order valence-electron chi connectivity index (χ4n) is 4.34. The van der Waals surface area contributed by atoms with Gasteiger partial charge in [0.25, 0.3) is 0 Å². The third-order valence-corrected chi connectivity index (χ3v) is 5.67. The molecule has 0 heterocycles. The van der Waals surface area contributed by atoms with E-state index in [0.29, 0.717) is 16.7 Å². The first kappa shape index (κ1) is 20.2. The highest BCUT2D eigenvalue weighted by Crippen LogP contribution is 2.50. The summed E-state index contributed by atoms with van der Waals surface area (Å²) < 4.78 is 0. The molecule has 0 aromatic heterocycles. The minimum absolute atomic E-state index is 0.00517. The highest BCUT2D eigenvalue weighted by Gasteiger charge is 2.45. The number of nitrogens with zero attached hydrogens (tertiary/aromatic N) is 2. The van der Waals surface area contributed by atoms with Crippen LogP contribution in [0.15, 0.2) is 89.5 Å². The first-order chi connectivity index (χ1) is 15.9. The van der Waals surface area contributed by atoms with Crippen molar-refractivity contribution in [1.82, 2.24) is 0 Å². The molecule has 0 fully saturated rings. The van der Waals surface area contributed by atoms with Crippen LogP contribution in [-0.2, 0) is 0 Å². The molecule has 2 aliphatic rings. The third kappa shape index (κ3) is 3.00. The van der Waals surface area contributed by atoms with Gasteiger partial charge in [-0.05, 0) is 34.4 Å². The van der Waals surface area contributed by atoms with Crippen molar-refractivity contribution in [2.45, 2.75) is 0 Å². The SMILES string of the molecule is O=[N+]([O-])C1=C([N+](=O)[O-])C(=C2c3ccccc3-c3ccccc32)[CH]C(c2[c]cccc2O)=C1O. The summed E-state index contributed by atoms with van der Waals surface area (Å²) in [6, 6.07) is 21.6. The topological polar surface area (TPSA) is 127 Å². The molecule has 0 saturated heterocycles. The fourth-order valence-corrected chi connectivity index (χ4v) is 4.34. The van der Waals surface area contributed by atoms with Crippen molar-refractivity contribution in [3.8, 4) is 16.9 Å². The van der Waals surface area contributed by atoms with Gasteiger partial charge in [0.2, 0.25) is 5.76 Å².